The first-order chi connectivity index (χ1) is 12.9. The summed E-state index contributed by atoms with van der Waals surface area (Å²) in [5.41, 5.74) is 1.19. The number of likely N-dealkylation sites (tertiary alicyclic amines) is 1. The first-order valence-corrected chi connectivity index (χ1v) is 9.44. The summed E-state index contributed by atoms with van der Waals surface area (Å²) in [5.74, 6) is 0.592. The van der Waals surface area contributed by atoms with Gasteiger partial charge in [0.2, 0.25) is 5.91 Å². The number of amides is 2. The Balaban J connectivity index is 1.87. The highest BCUT2D eigenvalue weighted by Gasteiger charge is 2.26. The van der Waals surface area contributed by atoms with Crippen molar-refractivity contribution in [2.75, 3.05) is 18.1 Å². The fourth-order valence-electron chi connectivity index (χ4n) is 3.04. The molecule has 0 saturated carbocycles. The monoisotopic (exact) mass is 386 g/mol. The van der Waals surface area contributed by atoms with Gasteiger partial charge in [0.05, 0.1) is 6.10 Å². The second-order valence-electron chi connectivity index (χ2n) is 6.81. The van der Waals surface area contributed by atoms with E-state index in [9.17, 15) is 9.59 Å². The van der Waals surface area contributed by atoms with Gasteiger partial charge in [-0.15, -0.1) is 0 Å². The Morgan fingerprint density at radius 2 is 1.96 bits per heavy atom. The van der Waals surface area contributed by atoms with Gasteiger partial charge in [-0.3, -0.25) is 14.5 Å². The molecule has 142 valence electrons. The maximum atomic E-state index is 13.2. The smallest absolute Gasteiger partial charge is 0.259 e. The van der Waals surface area contributed by atoms with Crippen LogP contribution in [-0.4, -0.2) is 36.0 Å². The van der Waals surface area contributed by atoms with Gasteiger partial charge in [0.1, 0.15) is 12.4 Å². The van der Waals surface area contributed by atoms with Crippen molar-refractivity contribution >= 4 is 29.1 Å². The van der Waals surface area contributed by atoms with Crippen LogP contribution >= 0.6 is 11.6 Å². The number of carbonyl (C=O) groups excluding carboxylic acids is 2. The molecular weight excluding hydrogens is 364 g/mol. The molecule has 0 bridgehead atoms. The predicted octanol–water partition coefficient (Wildman–Crippen LogP) is 4.35. The molecule has 0 atom stereocenters. The van der Waals surface area contributed by atoms with Crippen molar-refractivity contribution in [1.82, 2.24) is 4.90 Å². The Hall–Kier alpha value is -2.53. The SMILES string of the molecule is CC(C)Oc1ccc(C(=O)N(CN2CCCC2=O)c2cccc(Cl)c2)cc1. The van der Waals surface area contributed by atoms with Gasteiger partial charge in [-0.2, -0.15) is 0 Å². The molecule has 3 rings (SSSR count). The molecule has 1 saturated heterocycles. The molecule has 0 unspecified atom stereocenters. The lowest BCUT2D eigenvalue weighted by Crippen LogP contribution is -2.42. The Labute approximate surface area is 164 Å². The molecule has 5 nitrogen and oxygen atoms in total. The van der Waals surface area contributed by atoms with Gasteiger partial charge in [0, 0.05) is 29.2 Å². The summed E-state index contributed by atoms with van der Waals surface area (Å²) in [5, 5.41) is 0.540. The maximum absolute atomic E-state index is 13.2. The minimum atomic E-state index is -0.187. The summed E-state index contributed by atoms with van der Waals surface area (Å²) in [7, 11) is 0. The van der Waals surface area contributed by atoms with Gasteiger partial charge in [-0.25, -0.2) is 0 Å². The van der Waals surface area contributed by atoms with Gasteiger partial charge in [0.25, 0.3) is 5.91 Å². The molecule has 0 spiro atoms. The van der Waals surface area contributed by atoms with E-state index in [4.69, 9.17) is 16.3 Å². The third-order valence-corrected chi connectivity index (χ3v) is 4.56. The standard InChI is InChI=1S/C21H23ClN2O3/c1-15(2)27-19-10-8-16(9-11-19)21(26)24(14-23-12-4-7-20(23)25)18-6-3-5-17(22)13-18/h3,5-6,8-11,13,15H,4,7,12,14H2,1-2H3. The molecule has 0 aromatic heterocycles. The quantitative estimate of drug-likeness (QED) is 0.741. The van der Waals surface area contributed by atoms with Crippen LogP contribution in [0.15, 0.2) is 48.5 Å². The first kappa shape index (κ1) is 19.2. The minimum absolute atomic E-state index is 0.0653. The fraction of sp³-hybridized carbons (Fsp3) is 0.333. The number of nitrogens with zero attached hydrogens (tertiary/aromatic N) is 2. The van der Waals surface area contributed by atoms with Crippen LogP contribution in [0, 0.1) is 0 Å². The van der Waals surface area contributed by atoms with Crippen LogP contribution in [-0.2, 0) is 4.79 Å². The number of hydrogen-bond donors (Lipinski definition) is 0. The molecule has 0 N–H and O–H groups in total. The van der Waals surface area contributed by atoms with Gasteiger partial charge < -0.3 is 9.64 Å². The van der Waals surface area contributed by atoms with E-state index >= 15 is 0 Å². The van der Waals surface area contributed by atoms with Crippen molar-refractivity contribution in [2.45, 2.75) is 32.8 Å². The topological polar surface area (TPSA) is 49.9 Å². The predicted molar refractivity (Wildman–Crippen MR) is 106 cm³/mol. The molecule has 2 aromatic rings. The van der Waals surface area contributed by atoms with Crippen molar-refractivity contribution in [3.63, 3.8) is 0 Å². The average Bonchev–Trinajstić information content (AvgIpc) is 3.04. The number of benzene rings is 2. The highest BCUT2D eigenvalue weighted by atomic mass is 35.5. The van der Waals surface area contributed by atoms with Crippen LogP contribution in [0.2, 0.25) is 5.02 Å². The number of anilines is 1. The molecule has 2 amide bonds. The van der Waals surface area contributed by atoms with Crippen molar-refractivity contribution in [3.05, 3.63) is 59.1 Å². The van der Waals surface area contributed by atoms with E-state index in [-0.39, 0.29) is 24.6 Å². The minimum Gasteiger partial charge on any atom is -0.491 e. The van der Waals surface area contributed by atoms with Crippen LogP contribution < -0.4 is 9.64 Å². The number of ether oxygens (including phenoxy) is 1. The Morgan fingerprint density at radius 1 is 1.22 bits per heavy atom. The average molecular weight is 387 g/mol. The van der Waals surface area contributed by atoms with Crippen molar-refractivity contribution in [2.24, 2.45) is 0 Å². The normalized spacial score (nSPS) is 13.9. The van der Waals surface area contributed by atoms with Gasteiger partial charge >= 0.3 is 0 Å². The molecule has 0 radical (unpaired) electrons. The third kappa shape index (κ3) is 4.80. The second-order valence-corrected chi connectivity index (χ2v) is 7.24. The van der Waals surface area contributed by atoms with Crippen molar-refractivity contribution in [1.29, 1.82) is 0 Å². The Morgan fingerprint density at radius 3 is 2.56 bits per heavy atom. The molecule has 1 fully saturated rings. The maximum Gasteiger partial charge on any atom is 0.259 e. The Kier molecular flexibility index (Phi) is 6.01. The van der Waals surface area contributed by atoms with Crippen molar-refractivity contribution < 1.29 is 14.3 Å². The van der Waals surface area contributed by atoms with Gasteiger partial charge in [-0.1, -0.05) is 17.7 Å². The van der Waals surface area contributed by atoms with Crippen LogP contribution in [0.3, 0.4) is 0 Å². The lowest BCUT2D eigenvalue weighted by molar-refractivity contribution is -0.127. The molecule has 27 heavy (non-hydrogen) atoms. The van der Waals surface area contributed by atoms with E-state index in [0.29, 0.717) is 35.0 Å². The van der Waals surface area contributed by atoms with E-state index in [1.807, 2.05) is 19.9 Å². The summed E-state index contributed by atoms with van der Waals surface area (Å²) in [6, 6.07) is 14.1. The summed E-state index contributed by atoms with van der Waals surface area (Å²) in [4.78, 5) is 28.5. The van der Waals surface area contributed by atoms with E-state index in [0.717, 1.165) is 6.42 Å². The van der Waals surface area contributed by atoms with Crippen molar-refractivity contribution in [3.8, 4) is 5.75 Å². The van der Waals surface area contributed by atoms with Gasteiger partial charge in [0.15, 0.2) is 0 Å². The zero-order valence-electron chi connectivity index (χ0n) is 15.5. The second kappa shape index (κ2) is 8.44. The molecule has 0 aliphatic carbocycles. The van der Waals surface area contributed by atoms with Crippen LogP contribution in [0.5, 0.6) is 5.75 Å². The fourth-order valence-corrected chi connectivity index (χ4v) is 3.22. The summed E-state index contributed by atoms with van der Waals surface area (Å²) >= 11 is 6.12. The molecule has 2 aromatic carbocycles. The van der Waals surface area contributed by atoms with E-state index in [1.165, 1.54) is 0 Å². The van der Waals surface area contributed by atoms with E-state index in [1.54, 1.807) is 52.3 Å². The molecule has 1 aliphatic heterocycles. The molecule has 1 heterocycles. The highest BCUT2D eigenvalue weighted by molar-refractivity contribution is 6.31. The van der Waals surface area contributed by atoms with Crippen LogP contribution in [0.1, 0.15) is 37.0 Å². The van der Waals surface area contributed by atoms with E-state index < -0.39 is 0 Å². The first-order valence-electron chi connectivity index (χ1n) is 9.06. The molecule has 6 heteroatoms. The number of carbonyl (C=O) groups is 2. The highest BCUT2D eigenvalue weighted by Crippen LogP contribution is 2.24. The zero-order chi connectivity index (χ0) is 19.4. The number of hydrogen-bond acceptors (Lipinski definition) is 3. The number of rotatable bonds is 6. The summed E-state index contributed by atoms with van der Waals surface area (Å²) in [6.45, 7) is 4.77. The van der Waals surface area contributed by atoms with E-state index in [2.05, 4.69) is 0 Å². The summed E-state index contributed by atoms with van der Waals surface area (Å²) < 4.78 is 5.64. The lowest BCUT2D eigenvalue weighted by Gasteiger charge is -2.28. The van der Waals surface area contributed by atoms with Gasteiger partial charge in [-0.05, 0) is 62.7 Å². The number of halogens is 1. The van der Waals surface area contributed by atoms with Crippen LogP contribution in [0.4, 0.5) is 5.69 Å². The molecular formula is C21H23ClN2O3. The molecule has 1 aliphatic rings. The zero-order valence-corrected chi connectivity index (χ0v) is 16.3. The largest absolute Gasteiger partial charge is 0.491 e. The third-order valence-electron chi connectivity index (χ3n) is 4.32. The lowest BCUT2D eigenvalue weighted by atomic mass is 10.1. The summed E-state index contributed by atoms with van der Waals surface area (Å²) in [6.07, 6.45) is 1.41. The van der Waals surface area contributed by atoms with Crippen LogP contribution in [0.25, 0.3) is 0 Å². The Bertz CT molecular complexity index is 820.